The van der Waals surface area contributed by atoms with Crippen LogP contribution in [0.15, 0.2) is 36.7 Å². The first-order valence-electron chi connectivity index (χ1n) is 5.94. The van der Waals surface area contributed by atoms with Gasteiger partial charge >= 0.3 is 0 Å². The summed E-state index contributed by atoms with van der Waals surface area (Å²) in [5.74, 6) is 2.07. The normalized spacial score (nSPS) is 10.3. The van der Waals surface area contributed by atoms with Crippen LogP contribution in [-0.2, 0) is 12.4 Å². The van der Waals surface area contributed by atoms with Gasteiger partial charge in [0, 0.05) is 13.6 Å². The van der Waals surface area contributed by atoms with Crippen LogP contribution in [0.3, 0.4) is 0 Å². The van der Waals surface area contributed by atoms with Gasteiger partial charge in [0.1, 0.15) is 11.6 Å². The molecule has 0 unspecified atom stereocenters. The van der Waals surface area contributed by atoms with Gasteiger partial charge in [-0.25, -0.2) is 4.98 Å². The summed E-state index contributed by atoms with van der Waals surface area (Å²) >= 11 is 5.69. The van der Waals surface area contributed by atoms with E-state index < -0.39 is 0 Å². The van der Waals surface area contributed by atoms with Crippen LogP contribution in [0, 0.1) is 0 Å². The Hall–Kier alpha value is -1.81. The number of halogens is 1. The van der Waals surface area contributed by atoms with Crippen molar-refractivity contribution < 1.29 is 4.74 Å². The van der Waals surface area contributed by atoms with E-state index in [1.807, 2.05) is 36.2 Å². The third-order valence-corrected chi connectivity index (χ3v) is 3.07. The zero-order valence-electron chi connectivity index (χ0n) is 11.0. The molecule has 0 amide bonds. The lowest BCUT2D eigenvalue weighted by Gasteiger charge is -2.18. The maximum atomic E-state index is 5.69. The zero-order chi connectivity index (χ0) is 13.7. The Labute approximate surface area is 118 Å². The number of methoxy groups -OCH3 is 1. The lowest BCUT2D eigenvalue weighted by Crippen LogP contribution is -2.18. The predicted molar refractivity (Wildman–Crippen MR) is 76.7 cm³/mol. The standard InChI is InChI=1S/C14H16ClN3O/c1-18(14-9-16-12(7-15)8-17-14)10-11-3-5-13(19-2)6-4-11/h3-6,8-9H,7,10H2,1-2H3. The van der Waals surface area contributed by atoms with Gasteiger partial charge in [0.2, 0.25) is 0 Å². The molecule has 1 heterocycles. The van der Waals surface area contributed by atoms with E-state index in [2.05, 4.69) is 9.97 Å². The molecule has 0 aliphatic carbocycles. The van der Waals surface area contributed by atoms with Crippen LogP contribution in [0.1, 0.15) is 11.3 Å². The fourth-order valence-electron chi connectivity index (χ4n) is 1.70. The molecule has 0 radical (unpaired) electrons. The Balaban J connectivity index is 2.04. The summed E-state index contributed by atoms with van der Waals surface area (Å²) in [5.41, 5.74) is 1.97. The molecule has 4 nitrogen and oxygen atoms in total. The number of aromatic nitrogens is 2. The summed E-state index contributed by atoms with van der Waals surface area (Å²) in [7, 11) is 3.64. The average Bonchev–Trinajstić information content (AvgIpc) is 2.48. The van der Waals surface area contributed by atoms with Crippen molar-refractivity contribution in [2.24, 2.45) is 0 Å². The van der Waals surface area contributed by atoms with Crippen molar-refractivity contribution in [2.45, 2.75) is 12.4 Å². The summed E-state index contributed by atoms with van der Waals surface area (Å²) < 4.78 is 5.14. The van der Waals surface area contributed by atoms with E-state index in [1.165, 1.54) is 5.56 Å². The molecule has 100 valence electrons. The van der Waals surface area contributed by atoms with Crippen LogP contribution in [0.25, 0.3) is 0 Å². The highest BCUT2D eigenvalue weighted by Gasteiger charge is 2.04. The molecule has 0 saturated heterocycles. The van der Waals surface area contributed by atoms with Gasteiger partial charge in [-0.15, -0.1) is 11.6 Å². The molecule has 0 N–H and O–H groups in total. The number of hydrogen-bond donors (Lipinski definition) is 0. The monoisotopic (exact) mass is 277 g/mol. The maximum Gasteiger partial charge on any atom is 0.147 e. The van der Waals surface area contributed by atoms with Gasteiger partial charge in [-0.05, 0) is 17.7 Å². The number of ether oxygens (including phenoxy) is 1. The first-order chi connectivity index (χ1) is 9.22. The molecule has 5 heteroatoms. The van der Waals surface area contributed by atoms with Crippen LogP contribution in [0.5, 0.6) is 5.75 Å². The summed E-state index contributed by atoms with van der Waals surface area (Å²) in [6.45, 7) is 0.763. The molecule has 0 aliphatic heterocycles. The van der Waals surface area contributed by atoms with Crippen molar-refractivity contribution in [1.82, 2.24) is 9.97 Å². The maximum absolute atomic E-state index is 5.69. The largest absolute Gasteiger partial charge is 0.497 e. The van der Waals surface area contributed by atoms with E-state index in [1.54, 1.807) is 19.5 Å². The Bertz CT molecular complexity index is 513. The third kappa shape index (κ3) is 3.58. The lowest BCUT2D eigenvalue weighted by molar-refractivity contribution is 0.414. The second-order valence-electron chi connectivity index (χ2n) is 4.20. The highest BCUT2D eigenvalue weighted by molar-refractivity contribution is 6.16. The molecule has 0 spiro atoms. The number of nitrogens with zero attached hydrogens (tertiary/aromatic N) is 3. The number of rotatable bonds is 5. The number of alkyl halides is 1. The Morgan fingerprint density at radius 3 is 2.42 bits per heavy atom. The number of hydrogen-bond acceptors (Lipinski definition) is 4. The Kier molecular flexibility index (Phi) is 4.58. The SMILES string of the molecule is COc1ccc(CN(C)c2cnc(CCl)cn2)cc1. The van der Waals surface area contributed by atoms with E-state index in [9.17, 15) is 0 Å². The predicted octanol–water partition coefficient (Wildman–Crippen LogP) is 2.86. The lowest BCUT2D eigenvalue weighted by atomic mass is 10.2. The zero-order valence-corrected chi connectivity index (χ0v) is 11.8. The van der Waals surface area contributed by atoms with E-state index in [4.69, 9.17) is 16.3 Å². The molecule has 1 aromatic heterocycles. The molecular weight excluding hydrogens is 262 g/mol. The molecule has 19 heavy (non-hydrogen) atoms. The molecule has 0 bridgehead atoms. The van der Waals surface area contributed by atoms with Crippen molar-refractivity contribution in [3.05, 3.63) is 47.9 Å². The molecule has 0 atom stereocenters. The number of anilines is 1. The quantitative estimate of drug-likeness (QED) is 0.788. The molecule has 2 aromatic rings. The summed E-state index contributed by atoms with van der Waals surface area (Å²) in [5, 5.41) is 0. The van der Waals surface area contributed by atoms with Gasteiger partial charge in [-0.1, -0.05) is 12.1 Å². The molecule has 0 saturated carbocycles. The summed E-state index contributed by atoms with van der Waals surface area (Å²) in [6, 6.07) is 7.97. The summed E-state index contributed by atoms with van der Waals surface area (Å²) in [6.07, 6.45) is 3.44. The second-order valence-corrected chi connectivity index (χ2v) is 4.47. The van der Waals surface area contributed by atoms with E-state index in [0.29, 0.717) is 5.88 Å². The summed E-state index contributed by atoms with van der Waals surface area (Å²) in [4.78, 5) is 10.6. The van der Waals surface area contributed by atoms with Crippen molar-refractivity contribution in [1.29, 1.82) is 0 Å². The average molecular weight is 278 g/mol. The minimum absolute atomic E-state index is 0.384. The van der Waals surface area contributed by atoms with Crippen LogP contribution >= 0.6 is 11.6 Å². The smallest absolute Gasteiger partial charge is 0.147 e. The van der Waals surface area contributed by atoms with Crippen LogP contribution in [0.2, 0.25) is 0 Å². The minimum Gasteiger partial charge on any atom is -0.497 e. The number of benzene rings is 1. The third-order valence-electron chi connectivity index (χ3n) is 2.80. The van der Waals surface area contributed by atoms with Crippen LogP contribution in [-0.4, -0.2) is 24.1 Å². The van der Waals surface area contributed by atoms with E-state index >= 15 is 0 Å². The molecule has 1 aromatic carbocycles. The van der Waals surface area contributed by atoms with Gasteiger partial charge in [0.05, 0.1) is 31.1 Å². The fourth-order valence-corrected chi connectivity index (χ4v) is 1.84. The topological polar surface area (TPSA) is 38.2 Å². The van der Waals surface area contributed by atoms with Crippen LogP contribution < -0.4 is 9.64 Å². The molecule has 2 rings (SSSR count). The molecule has 0 fully saturated rings. The van der Waals surface area contributed by atoms with E-state index in [0.717, 1.165) is 23.8 Å². The van der Waals surface area contributed by atoms with Gasteiger partial charge in [-0.2, -0.15) is 0 Å². The fraction of sp³-hybridized carbons (Fsp3) is 0.286. The van der Waals surface area contributed by atoms with Crippen LogP contribution in [0.4, 0.5) is 5.82 Å². The van der Waals surface area contributed by atoms with Gasteiger partial charge in [-0.3, -0.25) is 4.98 Å². The molecule has 0 aliphatic rings. The Morgan fingerprint density at radius 2 is 1.89 bits per heavy atom. The molecular formula is C14H16ClN3O. The first-order valence-corrected chi connectivity index (χ1v) is 6.47. The van der Waals surface area contributed by atoms with E-state index in [-0.39, 0.29) is 0 Å². The van der Waals surface area contributed by atoms with Gasteiger partial charge in [0.15, 0.2) is 0 Å². The van der Waals surface area contributed by atoms with Crippen molar-refractivity contribution >= 4 is 17.4 Å². The van der Waals surface area contributed by atoms with Crippen molar-refractivity contribution in [3.8, 4) is 5.75 Å². The van der Waals surface area contributed by atoms with Crippen molar-refractivity contribution in [3.63, 3.8) is 0 Å². The van der Waals surface area contributed by atoms with Gasteiger partial charge in [0.25, 0.3) is 0 Å². The van der Waals surface area contributed by atoms with Crippen molar-refractivity contribution in [2.75, 3.05) is 19.1 Å². The minimum atomic E-state index is 0.384. The highest BCUT2D eigenvalue weighted by Crippen LogP contribution is 2.15. The van der Waals surface area contributed by atoms with Gasteiger partial charge < -0.3 is 9.64 Å². The highest BCUT2D eigenvalue weighted by atomic mass is 35.5. The first kappa shape index (κ1) is 13.6. The second kappa shape index (κ2) is 6.38. The Morgan fingerprint density at radius 1 is 1.16 bits per heavy atom.